The molecule has 1 fully saturated rings. The summed E-state index contributed by atoms with van der Waals surface area (Å²) in [5.74, 6) is -0.325. The van der Waals surface area contributed by atoms with Gasteiger partial charge in [0, 0.05) is 12.6 Å². The molecule has 0 bridgehead atoms. The van der Waals surface area contributed by atoms with Gasteiger partial charge in [-0.25, -0.2) is 0 Å². The minimum absolute atomic E-state index is 0.163. The van der Waals surface area contributed by atoms with Crippen molar-refractivity contribution in [3.8, 4) is 11.5 Å². The maximum Gasteiger partial charge on any atom is 0.318 e. The van der Waals surface area contributed by atoms with Crippen molar-refractivity contribution in [2.24, 2.45) is 0 Å². The number of rotatable bonds is 6. The molecule has 1 aliphatic heterocycles. The number of non-ortho nitro benzene ring substituents is 1. The number of benzene rings is 2. The molecule has 0 aromatic heterocycles. The predicted octanol–water partition coefficient (Wildman–Crippen LogP) is 4.35. The molecular weight excluding hydrogens is 402 g/mol. The van der Waals surface area contributed by atoms with E-state index < -0.39 is 21.2 Å². The highest BCUT2D eigenvalue weighted by Crippen LogP contribution is 2.36. The Morgan fingerprint density at radius 3 is 2.48 bits per heavy atom. The molecule has 0 aliphatic carbocycles. The molecule has 3 rings (SSSR count). The fourth-order valence-corrected chi connectivity index (χ4v) is 3.47. The summed E-state index contributed by atoms with van der Waals surface area (Å²) in [6.07, 6.45) is 1.53. The average Bonchev–Trinajstić information content (AvgIpc) is 2.94. The van der Waals surface area contributed by atoms with Crippen molar-refractivity contribution in [3.63, 3.8) is 0 Å². The number of ether oxygens (including phenoxy) is 1. The molecule has 0 radical (unpaired) electrons. The molecule has 1 saturated heterocycles. The third-order valence-corrected chi connectivity index (χ3v) is 4.83. The monoisotopic (exact) mass is 415 g/mol. The smallest absolute Gasteiger partial charge is 0.318 e. The summed E-state index contributed by atoms with van der Waals surface area (Å²) in [5.41, 5.74) is -0.424. The second-order valence-electron chi connectivity index (χ2n) is 5.77. The minimum Gasteiger partial charge on any atom is -0.450 e. The summed E-state index contributed by atoms with van der Waals surface area (Å²) in [6, 6.07) is 9.44. The Labute approximate surface area is 168 Å². The second kappa shape index (κ2) is 8.10. The van der Waals surface area contributed by atoms with Gasteiger partial charge in [-0.2, -0.15) is 0 Å². The van der Waals surface area contributed by atoms with Gasteiger partial charge < -0.3 is 4.74 Å². The molecule has 1 heterocycles. The molecule has 148 valence electrons. The van der Waals surface area contributed by atoms with Gasteiger partial charge >= 0.3 is 5.69 Å². The molecule has 1 aliphatic rings. The lowest BCUT2D eigenvalue weighted by molar-refractivity contribution is -0.394. The Kier molecular flexibility index (Phi) is 5.59. The van der Waals surface area contributed by atoms with Crippen molar-refractivity contribution in [1.29, 1.82) is 0 Å². The summed E-state index contributed by atoms with van der Waals surface area (Å²) < 4.78 is 5.54. The van der Waals surface area contributed by atoms with Crippen LogP contribution >= 0.6 is 11.8 Å². The van der Waals surface area contributed by atoms with Crippen LogP contribution in [0.4, 0.5) is 16.2 Å². The Balaban J connectivity index is 1.89. The van der Waals surface area contributed by atoms with Gasteiger partial charge in [-0.05, 0) is 48.5 Å². The number of hydrogen-bond donors (Lipinski definition) is 0. The zero-order valence-corrected chi connectivity index (χ0v) is 15.8. The van der Waals surface area contributed by atoms with Crippen LogP contribution in [0.25, 0.3) is 6.08 Å². The molecule has 2 aromatic carbocycles. The lowest BCUT2D eigenvalue weighted by atomic mass is 10.2. The van der Waals surface area contributed by atoms with Gasteiger partial charge in [0.1, 0.15) is 5.75 Å². The molecule has 2 amide bonds. The number of hydrogen-bond acceptors (Lipinski definition) is 8. The lowest BCUT2D eigenvalue weighted by Crippen LogP contribution is -2.27. The quantitative estimate of drug-likeness (QED) is 0.386. The van der Waals surface area contributed by atoms with Crippen LogP contribution in [0, 0.1) is 20.2 Å². The second-order valence-corrected chi connectivity index (χ2v) is 6.76. The van der Waals surface area contributed by atoms with Crippen LogP contribution in [0.5, 0.6) is 11.5 Å². The topological polar surface area (TPSA) is 133 Å². The summed E-state index contributed by atoms with van der Waals surface area (Å²) >= 11 is 0.826. The Hall–Kier alpha value is -3.73. The first kappa shape index (κ1) is 20.0. The van der Waals surface area contributed by atoms with Gasteiger partial charge in [0.05, 0.1) is 20.8 Å². The highest BCUT2D eigenvalue weighted by molar-refractivity contribution is 8.18. The van der Waals surface area contributed by atoms with Crippen LogP contribution in [-0.2, 0) is 4.79 Å². The van der Waals surface area contributed by atoms with Crippen LogP contribution in [-0.4, -0.2) is 32.4 Å². The predicted molar refractivity (Wildman–Crippen MR) is 105 cm³/mol. The van der Waals surface area contributed by atoms with E-state index in [4.69, 9.17) is 4.74 Å². The number of imide groups is 1. The zero-order chi connectivity index (χ0) is 21.1. The van der Waals surface area contributed by atoms with E-state index >= 15 is 0 Å². The number of nitro benzene ring substituents is 2. The molecule has 0 atom stereocenters. The summed E-state index contributed by atoms with van der Waals surface area (Å²) in [6.45, 7) is 1.97. The summed E-state index contributed by atoms with van der Waals surface area (Å²) in [7, 11) is 0. The zero-order valence-electron chi connectivity index (χ0n) is 14.9. The van der Waals surface area contributed by atoms with E-state index in [0.29, 0.717) is 5.56 Å². The van der Waals surface area contributed by atoms with Crippen LogP contribution in [0.3, 0.4) is 0 Å². The van der Waals surface area contributed by atoms with Gasteiger partial charge in [-0.1, -0.05) is 12.1 Å². The summed E-state index contributed by atoms with van der Waals surface area (Å²) in [5, 5.41) is 21.7. The van der Waals surface area contributed by atoms with Crippen LogP contribution < -0.4 is 4.74 Å². The maximum atomic E-state index is 12.2. The van der Waals surface area contributed by atoms with Crippen molar-refractivity contribution in [1.82, 2.24) is 4.90 Å². The van der Waals surface area contributed by atoms with Gasteiger partial charge in [0.2, 0.25) is 5.75 Å². The fourth-order valence-electron chi connectivity index (χ4n) is 2.57. The van der Waals surface area contributed by atoms with Crippen LogP contribution in [0.15, 0.2) is 47.4 Å². The number of carbonyl (C=O) groups excluding carboxylic acids is 2. The third-order valence-electron chi connectivity index (χ3n) is 3.92. The molecule has 0 unspecified atom stereocenters. The normalized spacial score (nSPS) is 15.1. The van der Waals surface area contributed by atoms with Crippen molar-refractivity contribution < 1.29 is 24.2 Å². The van der Waals surface area contributed by atoms with E-state index in [2.05, 4.69) is 0 Å². The number of nitro groups is 2. The van der Waals surface area contributed by atoms with Gasteiger partial charge in [-0.3, -0.25) is 34.7 Å². The van der Waals surface area contributed by atoms with Crippen LogP contribution in [0.2, 0.25) is 0 Å². The first-order valence-corrected chi connectivity index (χ1v) is 9.08. The van der Waals surface area contributed by atoms with E-state index in [-0.39, 0.29) is 34.1 Å². The SMILES string of the molecule is CCN1C(=O)S/C(=C/c2cccc(Oc3ccc([N+](=O)[O-])cc3[N+](=O)[O-])c2)C1=O. The van der Waals surface area contributed by atoms with E-state index in [9.17, 15) is 29.8 Å². The van der Waals surface area contributed by atoms with Crippen molar-refractivity contribution >= 4 is 40.4 Å². The summed E-state index contributed by atoms with van der Waals surface area (Å²) in [4.78, 5) is 45.9. The minimum atomic E-state index is -0.771. The highest BCUT2D eigenvalue weighted by atomic mass is 32.2. The van der Waals surface area contributed by atoms with Crippen molar-refractivity contribution in [2.45, 2.75) is 6.92 Å². The Morgan fingerprint density at radius 1 is 1.10 bits per heavy atom. The standard InChI is InChI=1S/C18H13N3O7S/c1-2-19-17(22)16(29-18(19)23)9-11-4-3-5-13(8-11)28-15-7-6-12(20(24)25)10-14(15)21(26)27/h3-10H,2H2,1H3/b16-9+. The third kappa shape index (κ3) is 4.24. The molecule has 0 spiro atoms. The lowest BCUT2D eigenvalue weighted by Gasteiger charge is -2.08. The van der Waals surface area contributed by atoms with Gasteiger partial charge in [0.25, 0.3) is 16.8 Å². The fraction of sp³-hybridized carbons (Fsp3) is 0.111. The first-order valence-electron chi connectivity index (χ1n) is 8.26. The van der Waals surface area contributed by atoms with Gasteiger partial charge in [-0.15, -0.1) is 0 Å². The molecular formula is C18H13N3O7S. The van der Waals surface area contributed by atoms with Crippen LogP contribution in [0.1, 0.15) is 12.5 Å². The number of carbonyl (C=O) groups is 2. The molecule has 11 heteroatoms. The van der Waals surface area contributed by atoms with Crippen molar-refractivity contribution in [2.75, 3.05) is 6.54 Å². The molecule has 10 nitrogen and oxygen atoms in total. The van der Waals surface area contributed by atoms with Gasteiger partial charge in [0.15, 0.2) is 0 Å². The largest absolute Gasteiger partial charge is 0.450 e. The molecule has 0 saturated carbocycles. The van der Waals surface area contributed by atoms with E-state index in [0.717, 1.165) is 34.9 Å². The first-order chi connectivity index (χ1) is 13.8. The molecule has 29 heavy (non-hydrogen) atoms. The average molecular weight is 415 g/mol. The van der Waals surface area contributed by atoms with E-state index in [1.54, 1.807) is 25.1 Å². The molecule has 2 aromatic rings. The molecule has 0 N–H and O–H groups in total. The maximum absolute atomic E-state index is 12.2. The van der Waals surface area contributed by atoms with Crippen molar-refractivity contribution in [3.05, 3.63) is 73.2 Å². The number of amides is 2. The van der Waals surface area contributed by atoms with E-state index in [1.165, 1.54) is 12.1 Å². The van der Waals surface area contributed by atoms with E-state index in [1.807, 2.05) is 0 Å². The number of likely N-dealkylation sites (N-methyl/N-ethyl adjacent to an activating group) is 1. The number of thioether (sulfide) groups is 1. The Morgan fingerprint density at radius 2 is 1.86 bits per heavy atom. The Bertz CT molecular complexity index is 1070. The number of nitrogens with zero attached hydrogens (tertiary/aromatic N) is 3. The highest BCUT2D eigenvalue weighted by Gasteiger charge is 2.33.